The standard InChI is InChI=1S/C21H25N5OS/c27-21(23-16-4-1-2-5-16)15-7-10-25(11-8-15)20-18-14-17(19-6-3-13-28-19)24-26(18)12-9-22-20/h3,6,9,12-16H,1-2,4-5,7-8,10-11H2,(H,23,27). The summed E-state index contributed by atoms with van der Waals surface area (Å²) < 4.78 is 1.91. The molecule has 2 fully saturated rings. The maximum absolute atomic E-state index is 12.6. The van der Waals surface area contributed by atoms with E-state index >= 15 is 0 Å². The summed E-state index contributed by atoms with van der Waals surface area (Å²) in [5, 5.41) is 10.0. The van der Waals surface area contributed by atoms with Gasteiger partial charge in [-0.25, -0.2) is 9.50 Å². The fraction of sp³-hybridized carbons (Fsp3) is 0.476. The number of fused-ring (bicyclic) bond motifs is 1. The van der Waals surface area contributed by atoms with Gasteiger partial charge in [0.1, 0.15) is 11.2 Å². The molecule has 1 saturated carbocycles. The topological polar surface area (TPSA) is 62.5 Å². The van der Waals surface area contributed by atoms with Crippen LogP contribution in [0, 0.1) is 5.92 Å². The van der Waals surface area contributed by atoms with Crippen molar-refractivity contribution in [2.45, 2.75) is 44.6 Å². The zero-order valence-corrected chi connectivity index (χ0v) is 16.7. The Morgan fingerprint density at radius 2 is 2.00 bits per heavy atom. The number of nitrogens with one attached hydrogen (secondary N) is 1. The summed E-state index contributed by atoms with van der Waals surface area (Å²) >= 11 is 1.69. The summed E-state index contributed by atoms with van der Waals surface area (Å²) in [5.41, 5.74) is 2.01. The van der Waals surface area contributed by atoms with Gasteiger partial charge in [0.15, 0.2) is 5.82 Å². The fourth-order valence-corrected chi connectivity index (χ4v) is 5.12. The van der Waals surface area contributed by atoms with Crippen LogP contribution >= 0.6 is 11.3 Å². The summed E-state index contributed by atoms with van der Waals surface area (Å²) in [6.45, 7) is 1.71. The molecule has 1 saturated heterocycles. The maximum Gasteiger partial charge on any atom is 0.223 e. The lowest BCUT2D eigenvalue weighted by atomic mass is 9.95. The number of aromatic nitrogens is 3. The number of rotatable bonds is 4. The van der Waals surface area contributed by atoms with Gasteiger partial charge in [0, 0.05) is 37.4 Å². The minimum Gasteiger partial charge on any atom is -0.355 e. The highest BCUT2D eigenvalue weighted by atomic mass is 32.1. The van der Waals surface area contributed by atoms with Crippen LogP contribution in [0.1, 0.15) is 38.5 Å². The van der Waals surface area contributed by atoms with Gasteiger partial charge >= 0.3 is 0 Å². The van der Waals surface area contributed by atoms with Gasteiger partial charge in [-0.3, -0.25) is 4.79 Å². The molecule has 3 aromatic rings. The van der Waals surface area contributed by atoms with Gasteiger partial charge in [0.05, 0.1) is 4.88 Å². The molecule has 5 rings (SSSR count). The van der Waals surface area contributed by atoms with Gasteiger partial charge in [-0.15, -0.1) is 11.3 Å². The van der Waals surface area contributed by atoms with Crippen molar-refractivity contribution in [3.05, 3.63) is 36.0 Å². The fourth-order valence-electron chi connectivity index (χ4n) is 4.44. The summed E-state index contributed by atoms with van der Waals surface area (Å²) in [6.07, 6.45) is 10.3. The number of thiophene rings is 1. The Labute approximate surface area is 168 Å². The molecular formula is C21H25N5OS. The number of nitrogens with zero attached hydrogens (tertiary/aromatic N) is 4. The Morgan fingerprint density at radius 3 is 2.75 bits per heavy atom. The van der Waals surface area contributed by atoms with Crippen LogP contribution in [-0.4, -0.2) is 39.6 Å². The molecule has 146 valence electrons. The van der Waals surface area contributed by atoms with Gasteiger partial charge in [0.2, 0.25) is 5.91 Å². The van der Waals surface area contributed by atoms with Crippen LogP contribution in [0.25, 0.3) is 16.1 Å². The molecule has 0 spiro atoms. The van der Waals surface area contributed by atoms with Crippen LogP contribution in [-0.2, 0) is 4.79 Å². The third kappa shape index (κ3) is 3.39. The molecule has 28 heavy (non-hydrogen) atoms. The normalized spacial score (nSPS) is 18.8. The van der Waals surface area contributed by atoms with E-state index in [9.17, 15) is 4.79 Å². The second-order valence-corrected chi connectivity index (χ2v) is 8.79. The van der Waals surface area contributed by atoms with E-state index in [1.54, 1.807) is 11.3 Å². The van der Waals surface area contributed by atoms with Gasteiger partial charge in [-0.1, -0.05) is 18.9 Å². The number of amides is 1. The van der Waals surface area contributed by atoms with Crippen molar-refractivity contribution in [1.82, 2.24) is 19.9 Å². The van der Waals surface area contributed by atoms with Crippen LogP contribution < -0.4 is 10.2 Å². The first-order valence-electron chi connectivity index (χ1n) is 10.2. The Bertz CT molecular complexity index is 953. The van der Waals surface area contributed by atoms with Crippen molar-refractivity contribution in [2.24, 2.45) is 5.92 Å². The van der Waals surface area contributed by atoms with Crippen molar-refractivity contribution in [3.63, 3.8) is 0 Å². The highest BCUT2D eigenvalue weighted by Gasteiger charge is 2.28. The molecule has 6 nitrogen and oxygen atoms in total. The van der Waals surface area contributed by atoms with Gasteiger partial charge < -0.3 is 10.2 Å². The number of hydrogen-bond acceptors (Lipinski definition) is 5. The molecule has 7 heteroatoms. The molecule has 3 aromatic heterocycles. The van der Waals surface area contributed by atoms with Crippen LogP contribution in [0.3, 0.4) is 0 Å². The van der Waals surface area contributed by atoms with E-state index in [1.807, 2.05) is 23.0 Å². The van der Waals surface area contributed by atoms with E-state index in [0.717, 1.165) is 60.7 Å². The van der Waals surface area contributed by atoms with E-state index in [4.69, 9.17) is 5.10 Å². The average molecular weight is 396 g/mol. The average Bonchev–Trinajstić information content (AvgIpc) is 3.48. The summed E-state index contributed by atoms with van der Waals surface area (Å²) in [5.74, 6) is 1.35. The lowest BCUT2D eigenvalue weighted by molar-refractivity contribution is -0.126. The monoisotopic (exact) mass is 395 g/mol. The van der Waals surface area contributed by atoms with E-state index in [1.165, 1.54) is 12.8 Å². The van der Waals surface area contributed by atoms with Crippen molar-refractivity contribution in [2.75, 3.05) is 18.0 Å². The molecule has 1 amide bonds. The largest absolute Gasteiger partial charge is 0.355 e. The van der Waals surface area contributed by atoms with Gasteiger partial charge in [-0.2, -0.15) is 5.10 Å². The van der Waals surface area contributed by atoms with Crippen LogP contribution in [0.15, 0.2) is 36.0 Å². The molecule has 0 radical (unpaired) electrons. The Hall–Kier alpha value is -2.41. The van der Waals surface area contributed by atoms with Crippen LogP contribution in [0.5, 0.6) is 0 Å². The first-order valence-corrected chi connectivity index (χ1v) is 11.1. The number of carbonyl (C=O) groups excluding carboxylic acids is 1. The summed E-state index contributed by atoms with van der Waals surface area (Å²) in [6, 6.07) is 6.66. The van der Waals surface area contributed by atoms with E-state index in [0.29, 0.717) is 6.04 Å². The summed E-state index contributed by atoms with van der Waals surface area (Å²) in [4.78, 5) is 20.7. The number of carbonyl (C=O) groups is 1. The lowest BCUT2D eigenvalue weighted by Gasteiger charge is -2.32. The number of hydrogen-bond donors (Lipinski definition) is 1. The molecule has 0 bridgehead atoms. The quantitative estimate of drug-likeness (QED) is 0.731. The Kier molecular flexibility index (Phi) is 4.76. The molecule has 0 aromatic carbocycles. The third-order valence-corrected chi connectivity index (χ3v) is 6.90. The first-order chi connectivity index (χ1) is 13.8. The van der Waals surface area contributed by atoms with Gasteiger partial charge in [-0.05, 0) is 43.2 Å². The van der Waals surface area contributed by atoms with Crippen molar-refractivity contribution in [1.29, 1.82) is 0 Å². The molecule has 1 aliphatic heterocycles. The molecule has 1 aliphatic carbocycles. The van der Waals surface area contributed by atoms with E-state index in [-0.39, 0.29) is 11.8 Å². The molecule has 2 aliphatic rings. The van der Waals surface area contributed by atoms with Crippen LogP contribution in [0.4, 0.5) is 5.82 Å². The van der Waals surface area contributed by atoms with Crippen LogP contribution in [0.2, 0.25) is 0 Å². The van der Waals surface area contributed by atoms with Crippen molar-refractivity contribution < 1.29 is 4.79 Å². The SMILES string of the molecule is O=C(NC1CCCC1)C1CCN(c2nccn3nc(-c4cccs4)cc23)CC1. The molecule has 0 atom stereocenters. The Balaban J connectivity index is 1.29. The molecule has 4 heterocycles. The molecule has 0 unspecified atom stereocenters. The second kappa shape index (κ2) is 7.54. The van der Waals surface area contributed by atoms with E-state index < -0.39 is 0 Å². The van der Waals surface area contributed by atoms with Gasteiger partial charge in [0.25, 0.3) is 0 Å². The zero-order chi connectivity index (χ0) is 18.9. The maximum atomic E-state index is 12.6. The first kappa shape index (κ1) is 17.7. The van der Waals surface area contributed by atoms with Crippen molar-refractivity contribution >= 4 is 28.6 Å². The lowest BCUT2D eigenvalue weighted by Crippen LogP contribution is -2.43. The highest BCUT2D eigenvalue weighted by Crippen LogP contribution is 2.30. The third-order valence-electron chi connectivity index (χ3n) is 6.01. The second-order valence-electron chi connectivity index (χ2n) is 7.84. The minimum atomic E-state index is 0.128. The van der Waals surface area contributed by atoms with E-state index in [2.05, 4.69) is 32.7 Å². The van der Waals surface area contributed by atoms with Crippen molar-refractivity contribution in [3.8, 4) is 10.6 Å². The number of piperidine rings is 1. The highest BCUT2D eigenvalue weighted by molar-refractivity contribution is 7.13. The Morgan fingerprint density at radius 1 is 1.18 bits per heavy atom. The minimum absolute atomic E-state index is 0.128. The predicted octanol–water partition coefficient (Wildman–Crippen LogP) is 3.73. The summed E-state index contributed by atoms with van der Waals surface area (Å²) in [7, 11) is 0. The number of anilines is 1. The zero-order valence-electron chi connectivity index (χ0n) is 15.9. The smallest absolute Gasteiger partial charge is 0.223 e. The predicted molar refractivity (Wildman–Crippen MR) is 112 cm³/mol. The molecular weight excluding hydrogens is 370 g/mol. The molecule has 1 N–H and O–H groups in total.